The van der Waals surface area contributed by atoms with Crippen LogP contribution in [0.4, 0.5) is 0 Å². The van der Waals surface area contributed by atoms with E-state index in [9.17, 15) is 4.79 Å². The number of hydrogen-bond donors (Lipinski definition) is 0. The molecule has 1 aromatic heterocycles. The van der Waals surface area contributed by atoms with Crippen LogP contribution in [0, 0.1) is 13.8 Å². The number of pyridine rings is 1. The fourth-order valence-electron chi connectivity index (χ4n) is 2.72. The van der Waals surface area contributed by atoms with Crippen LogP contribution in [0.25, 0.3) is 0 Å². The van der Waals surface area contributed by atoms with E-state index in [1.807, 2.05) is 13.8 Å². The van der Waals surface area contributed by atoms with Crippen LogP contribution in [0.15, 0.2) is 24.4 Å². The number of ether oxygens (including phenoxy) is 3. The van der Waals surface area contributed by atoms with E-state index in [1.165, 1.54) is 0 Å². The van der Waals surface area contributed by atoms with Gasteiger partial charge in [-0.2, -0.15) is 0 Å². The molecule has 1 amide bonds. The number of carbonyl (C=O) groups is 1. The Hall–Kier alpha value is -2.76. The Bertz CT molecular complexity index is 774. The molecule has 0 bridgehead atoms. The largest absolute Gasteiger partial charge is 0.496 e. The Morgan fingerprint density at radius 3 is 2.36 bits per heavy atom. The molecule has 0 aliphatic carbocycles. The quantitative estimate of drug-likeness (QED) is 0.806. The summed E-state index contributed by atoms with van der Waals surface area (Å²) in [5.41, 5.74) is 3.24. The van der Waals surface area contributed by atoms with Crippen molar-refractivity contribution in [2.45, 2.75) is 20.4 Å². The molecule has 0 spiro atoms. The van der Waals surface area contributed by atoms with Crippen LogP contribution >= 0.6 is 0 Å². The van der Waals surface area contributed by atoms with E-state index in [2.05, 4.69) is 4.98 Å². The average Bonchev–Trinajstić information content (AvgIpc) is 2.63. The second-order valence-corrected chi connectivity index (χ2v) is 5.78. The summed E-state index contributed by atoms with van der Waals surface area (Å²) in [6, 6.07) is 5.11. The van der Waals surface area contributed by atoms with Gasteiger partial charge in [0.15, 0.2) is 11.5 Å². The molecule has 25 heavy (non-hydrogen) atoms. The highest BCUT2D eigenvalue weighted by molar-refractivity contribution is 5.94. The van der Waals surface area contributed by atoms with Crippen molar-refractivity contribution >= 4 is 5.91 Å². The molecule has 0 N–H and O–H groups in total. The molecule has 0 atom stereocenters. The lowest BCUT2D eigenvalue weighted by Gasteiger charge is -2.20. The van der Waals surface area contributed by atoms with E-state index in [0.717, 1.165) is 22.6 Å². The summed E-state index contributed by atoms with van der Waals surface area (Å²) in [7, 11) is 6.48. The van der Waals surface area contributed by atoms with Gasteiger partial charge in [0.05, 0.1) is 33.6 Å². The van der Waals surface area contributed by atoms with E-state index in [4.69, 9.17) is 14.2 Å². The number of methoxy groups -OCH3 is 3. The predicted molar refractivity (Wildman–Crippen MR) is 95.6 cm³/mol. The molecule has 134 valence electrons. The zero-order valence-electron chi connectivity index (χ0n) is 15.5. The van der Waals surface area contributed by atoms with Crippen LogP contribution in [0.1, 0.15) is 27.2 Å². The first kappa shape index (κ1) is 18.6. The number of nitrogens with zero attached hydrogens (tertiary/aromatic N) is 2. The van der Waals surface area contributed by atoms with Gasteiger partial charge in [-0.25, -0.2) is 0 Å². The minimum Gasteiger partial charge on any atom is -0.496 e. The van der Waals surface area contributed by atoms with Crippen molar-refractivity contribution in [3.05, 3.63) is 46.8 Å². The van der Waals surface area contributed by atoms with Crippen LogP contribution < -0.4 is 14.2 Å². The van der Waals surface area contributed by atoms with E-state index in [1.54, 1.807) is 57.7 Å². The molecule has 0 saturated heterocycles. The van der Waals surface area contributed by atoms with Crippen LogP contribution in [-0.4, -0.2) is 44.2 Å². The number of hydrogen-bond acceptors (Lipinski definition) is 5. The lowest BCUT2D eigenvalue weighted by molar-refractivity contribution is 0.0782. The zero-order valence-corrected chi connectivity index (χ0v) is 15.5. The number of amides is 1. The van der Waals surface area contributed by atoms with E-state index in [0.29, 0.717) is 23.6 Å². The van der Waals surface area contributed by atoms with Gasteiger partial charge in [0.25, 0.3) is 5.91 Å². The molecule has 6 nitrogen and oxygen atoms in total. The molecule has 0 saturated carbocycles. The monoisotopic (exact) mass is 344 g/mol. The van der Waals surface area contributed by atoms with Crippen molar-refractivity contribution in [2.24, 2.45) is 0 Å². The molecule has 0 unspecified atom stereocenters. The molecule has 0 aliphatic rings. The molecule has 0 aliphatic heterocycles. The lowest BCUT2D eigenvalue weighted by Crippen LogP contribution is -2.27. The molecule has 0 fully saturated rings. The van der Waals surface area contributed by atoms with Gasteiger partial charge in [-0.15, -0.1) is 0 Å². The second kappa shape index (κ2) is 7.88. The molecule has 6 heteroatoms. The first-order chi connectivity index (χ1) is 11.9. The summed E-state index contributed by atoms with van der Waals surface area (Å²) in [5.74, 6) is 1.79. The number of carbonyl (C=O) groups excluding carboxylic acids is 1. The predicted octanol–water partition coefficient (Wildman–Crippen LogP) is 3.00. The second-order valence-electron chi connectivity index (χ2n) is 5.78. The van der Waals surface area contributed by atoms with Crippen LogP contribution in [0.5, 0.6) is 17.2 Å². The van der Waals surface area contributed by atoms with Gasteiger partial charge in [-0.1, -0.05) is 0 Å². The average molecular weight is 344 g/mol. The first-order valence-electron chi connectivity index (χ1n) is 7.89. The minimum absolute atomic E-state index is 0.123. The first-order valence-corrected chi connectivity index (χ1v) is 7.89. The van der Waals surface area contributed by atoms with Crippen molar-refractivity contribution in [3.8, 4) is 17.2 Å². The standard InChI is InChI=1S/C19H24N2O4/c1-12-10-20-15(13(2)18(12)25-6)11-21(3)19(22)14-7-8-16(23-4)17(9-14)24-5/h7-10H,11H2,1-6H3. The third kappa shape index (κ3) is 3.84. The number of benzene rings is 1. The normalized spacial score (nSPS) is 10.3. The maximum Gasteiger partial charge on any atom is 0.254 e. The highest BCUT2D eigenvalue weighted by Gasteiger charge is 2.17. The topological polar surface area (TPSA) is 60.9 Å². The molecule has 2 rings (SSSR count). The van der Waals surface area contributed by atoms with E-state index >= 15 is 0 Å². The van der Waals surface area contributed by atoms with Gasteiger partial charge in [0.1, 0.15) is 5.75 Å². The summed E-state index contributed by atoms with van der Waals surface area (Å²) < 4.78 is 15.9. The lowest BCUT2D eigenvalue weighted by atomic mass is 10.1. The molecular weight excluding hydrogens is 320 g/mol. The highest BCUT2D eigenvalue weighted by Crippen LogP contribution is 2.28. The maximum absolute atomic E-state index is 12.7. The van der Waals surface area contributed by atoms with Gasteiger partial charge < -0.3 is 19.1 Å². The summed E-state index contributed by atoms with van der Waals surface area (Å²) in [4.78, 5) is 18.8. The summed E-state index contributed by atoms with van der Waals surface area (Å²) >= 11 is 0. The van der Waals surface area contributed by atoms with Gasteiger partial charge in [-0.05, 0) is 32.0 Å². The third-order valence-corrected chi connectivity index (χ3v) is 4.11. The Balaban J connectivity index is 2.24. The van der Waals surface area contributed by atoms with Gasteiger partial charge in [0.2, 0.25) is 0 Å². The number of aromatic nitrogens is 1. The maximum atomic E-state index is 12.7. The van der Waals surface area contributed by atoms with Crippen LogP contribution in [0.2, 0.25) is 0 Å². The van der Waals surface area contributed by atoms with Gasteiger partial charge in [0, 0.05) is 29.9 Å². The highest BCUT2D eigenvalue weighted by atomic mass is 16.5. The van der Waals surface area contributed by atoms with Crippen molar-refractivity contribution < 1.29 is 19.0 Å². The summed E-state index contributed by atoms with van der Waals surface area (Å²) in [6.07, 6.45) is 1.76. The van der Waals surface area contributed by atoms with E-state index < -0.39 is 0 Å². The Labute approximate surface area is 148 Å². The van der Waals surface area contributed by atoms with Gasteiger partial charge in [-0.3, -0.25) is 9.78 Å². The summed E-state index contributed by atoms with van der Waals surface area (Å²) in [6.45, 7) is 4.28. The smallest absolute Gasteiger partial charge is 0.254 e. The number of rotatable bonds is 6. The van der Waals surface area contributed by atoms with Crippen molar-refractivity contribution in [2.75, 3.05) is 28.4 Å². The molecule has 2 aromatic rings. The van der Waals surface area contributed by atoms with Crippen LogP contribution in [0.3, 0.4) is 0 Å². The molecule has 0 radical (unpaired) electrons. The SMILES string of the molecule is COc1ccc(C(=O)N(C)Cc2ncc(C)c(OC)c2C)cc1OC. The van der Waals surface area contributed by atoms with Crippen molar-refractivity contribution in [1.29, 1.82) is 0 Å². The molecular formula is C19H24N2O4. The zero-order chi connectivity index (χ0) is 18.6. The fourth-order valence-corrected chi connectivity index (χ4v) is 2.72. The van der Waals surface area contributed by atoms with Gasteiger partial charge >= 0.3 is 0 Å². The summed E-state index contributed by atoms with van der Waals surface area (Å²) in [5, 5.41) is 0. The van der Waals surface area contributed by atoms with E-state index in [-0.39, 0.29) is 5.91 Å². The molecule has 1 heterocycles. The minimum atomic E-state index is -0.123. The number of aryl methyl sites for hydroxylation is 1. The Kier molecular flexibility index (Phi) is 5.85. The fraction of sp³-hybridized carbons (Fsp3) is 0.368. The Morgan fingerprint density at radius 2 is 1.76 bits per heavy atom. The van der Waals surface area contributed by atoms with Crippen molar-refractivity contribution in [3.63, 3.8) is 0 Å². The van der Waals surface area contributed by atoms with Crippen molar-refractivity contribution in [1.82, 2.24) is 9.88 Å². The third-order valence-electron chi connectivity index (χ3n) is 4.11. The van der Waals surface area contributed by atoms with Crippen LogP contribution in [-0.2, 0) is 6.54 Å². The molecule has 1 aromatic carbocycles. The Morgan fingerprint density at radius 1 is 1.08 bits per heavy atom.